The van der Waals surface area contributed by atoms with Crippen LogP contribution in [0.3, 0.4) is 0 Å². The van der Waals surface area contributed by atoms with Gasteiger partial charge in [-0.25, -0.2) is 9.37 Å². The van der Waals surface area contributed by atoms with Crippen molar-refractivity contribution < 1.29 is 23.5 Å². The zero-order valence-corrected chi connectivity index (χ0v) is 17.5. The van der Waals surface area contributed by atoms with E-state index in [1.54, 1.807) is 24.5 Å². The van der Waals surface area contributed by atoms with E-state index in [0.717, 1.165) is 9.88 Å². The summed E-state index contributed by atoms with van der Waals surface area (Å²) >= 11 is 3.04. The molecular weight excluding hydrogens is 415 g/mol. The number of halogens is 1. The van der Waals surface area contributed by atoms with E-state index in [2.05, 4.69) is 4.98 Å². The lowest BCUT2D eigenvalue weighted by Gasteiger charge is -2.17. The summed E-state index contributed by atoms with van der Waals surface area (Å²) < 4.78 is 23.7. The molecule has 29 heavy (non-hydrogen) atoms. The Morgan fingerprint density at radius 1 is 1.24 bits per heavy atom. The molecule has 0 saturated carbocycles. The molecule has 1 aromatic carbocycles. The molecule has 152 valence electrons. The predicted molar refractivity (Wildman–Crippen MR) is 110 cm³/mol. The van der Waals surface area contributed by atoms with Crippen LogP contribution >= 0.6 is 22.7 Å². The lowest BCUT2D eigenvalue weighted by molar-refractivity contribution is -0.151. The summed E-state index contributed by atoms with van der Waals surface area (Å²) in [6.07, 6.45) is 0.00254. The molecule has 0 unspecified atom stereocenters. The minimum absolute atomic E-state index is 0.00254. The van der Waals surface area contributed by atoms with E-state index in [4.69, 9.17) is 9.47 Å². The highest BCUT2D eigenvalue weighted by molar-refractivity contribution is 7.20. The van der Waals surface area contributed by atoms with Crippen molar-refractivity contribution in [2.45, 2.75) is 13.0 Å². The van der Waals surface area contributed by atoms with Gasteiger partial charge in [-0.15, -0.1) is 22.7 Å². The summed E-state index contributed by atoms with van der Waals surface area (Å²) in [6.45, 7) is -0.191. The van der Waals surface area contributed by atoms with Gasteiger partial charge >= 0.3 is 5.97 Å². The van der Waals surface area contributed by atoms with Crippen LogP contribution in [0, 0.1) is 5.82 Å². The Labute approximate surface area is 175 Å². The Kier molecular flexibility index (Phi) is 6.95. The topological polar surface area (TPSA) is 68.7 Å². The SMILES string of the molecule is COc1ccc(CN(C)C(=O)COC(=O)Cc2csc(-c3cccs3)n2)cc1F. The number of nitrogens with zero attached hydrogens (tertiary/aromatic N) is 2. The number of methoxy groups -OCH3 is 1. The molecule has 9 heteroatoms. The molecule has 0 fully saturated rings. The number of likely N-dealkylation sites (N-methyl/N-ethyl adjacent to an activating group) is 1. The molecule has 3 rings (SSSR count). The van der Waals surface area contributed by atoms with Crippen LogP contribution in [0.5, 0.6) is 5.75 Å². The number of hydrogen-bond donors (Lipinski definition) is 0. The van der Waals surface area contributed by atoms with Crippen LogP contribution in [0.1, 0.15) is 11.3 Å². The van der Waals surface area contributed by atoms with E-state index in [-0.39, 0.29) is 31.2 Å². The molecule has 0 aliphatic carbocycles. The summed E-state index contributed by atoms with van der Waals surface area (Å²) in [7, 11) is 2.95. The Hall–Kier alpha value is -2.78. The third kappa shape index (κ3) is 5.61. The van der Waals surface area contributed by atoms with Gasteiger partial charge < -0.3 is 14.4 Å². The number of thiophene rings is 1. The molecule has 0 N–H and O–H groups in total. The molecule has 0 aliphatic heterocycles. The summed E-state index contributed by atoms with van der Waals surface area (Å²) in [4.78, 5) is 31.0. The van der Waals surface area contributed by atoms with Gasteiger partial charge in [-0.3, -0.25) is 9.59 Å². The third-order valence-electron chi connectivity index (χ3n) is 4.03. The first-order valence-electron chi connectivity index (χ1n) is 8.66. The molecule has 6 nitrogen and oxygen atoms in total. The lowest BCUT2D eigenvalue weighted by atomic mass is 10.2. The van der Waals surface area contributed by atoms with E-state index in [1.165, 1.54) is 35.5 Å². The van der Waals surface area contributed by atoms with Crippen LogP contribution in [-0.4, -0.2) is 42.5 Å². The van der Waals surface area contributed by atoms with Crippen molar-refractivity contribution >= 4 is 34.6 Å². The fourth-order valence-corrected chi connectivity index (χ4v) is 4.16. The molecular formula is C20H19FN2O4S2. The van der Waals surface area contributed by atoms with Crippen molar-refractivity contribution in [1.29, 1.82) is 0 Å². The first-order chi connectivity index (χ1) is 14.0. The highest BCUT2D eigenvalue weighted by Gasteiger charge is 2.15. The number of amides is 1. The third-order valence-corrected chi connectivity index (χ3v) is 5.96. The summed E-state index contributed by atoms with van der Waals surface area (Å²) in [5.41, 5.74) is 1.21. The van der Waals surface area contributed by atoms with Gasteiger partial charge in [0.05, 0.1) is 24.1 Å². The second-order valence-corrected chi connectivity index (χ2v) is 7.98. The number of ether oxygens (including phenoxy) is 2. The fourth-order valence-electron chi connectivity index (χ4n) is 2.52. The Morgan fingerprint density at radius 2 is 2.07 bits per heavy atom. The molecule has 0 radical (unpaired) electrons. The summed E-state index contributed by atoms with van der Waals surface area (Å²) in [6, 6.07) is 8.39. The normalized spacial score (nSPS) is 10.6. The molecule has 2 aromatic heterocycles. The number of carbonyl (C=O) groups excluding carboxylic acids is 2. The number of hydrogen-bond acceptors (Lipinski definition) is 7. The van der Waals surface area contributed by atoms with Gasteiger partial charge in [-0.1, -0.05) is 12.1 Å². The average Bonchev–Trinajstić information content (AvgIpc) is 3.38. The average molecular weight is 435 g/mol. The van der Waals surface area contributed by atoms with E-state index >= 15 is 0 Å². The predicted octanol–water partition coefficient (Wildman–Crippen LogP) is 3.76. The van der Waals surface area contributed by atoms with Crippen LogP contribution in [0.2, 0.25) is 0 Å². The Balaban J connectivity index is 1.47. The minimum atomic E-state index is -0.523. The van der Waals surface area contributed by atoms with E-state index in [9.17, 15) is 14.0 Å². The summed E-state index contributed by atoms with van der Waals surface area (Å²) in [5, 5.41) is 4.63. The molecule has 0 atom stereocenters. The van der Waals surface area contributed by atoms with Gasteiger partial charge in [-0.2, -0.15) is 0 Å². The first-order valence-corrected chi connectivity index (χ1v) is 10.4. The lowest BCUT2D eigenvalue weighted by Crippen LogP contribution is -2.31. The van der Waals surface area contributed by atoms with Crippen molar-refractivity contribution in [2.24, 2.45) is 0 Å². The molecule has 0 spiro atoms. The zero-order valence-electron chi connectivity index (χ0n) is 15.9. The van der Waals surface area contributed by atoms with E-state index in [0.29, 0.717) is 11.3 Å². The number of carbonyl (C=O) groups is 2. The second-order valence-electron chi connectivity index (χ2n) is 6.18. The number of aromatic nitrogens is 1. The van der Waals surface area contributed by atoms with Gasteiger partial charge in [0.25, 0.3) is 5.91 Å². The van der Waals surface area contributed by atoms with Crippen LogP contribution in [0.15, 0.2) is 41.1 Å². The van der Waals surface area contributed by atoms with Crippen LogP contribution < -0.4 is 4.74 Å². The summed E-state index contributed by atoms with van der Waals surface area (Å²) in [5.74, 6) is -1.26. The molecule has 1 amide bonds. The minimum Gasteiger partial charge on any atom is -0.494 e. The maximum absolute atomic E-state index is 13.8. The zero-order chi connectivity index (χ0) is 20.8. The first kappa shape index (κ1) is 20.9. The smallest absolute Gasteiger partial charge is 0.312 e. The van der Waals surface area contributed by atoms with Crippen molar-refractivity contribution in [3.63, 3.8) is 0 Å². The number of esters is 1. The van der Waals surface area contributed by atoms with Crippen LogP contribution in [-0.2, 0) is 27.3 Å². The van der Waals surface area contributed by atoms with E-state index < -0.39 is 11.8 Å². The molecule has 3 aromatic rings. The van der Waals surface area contributed by atoms with Crippen LogP contribution in [0.4, 0.5) is 4.39 Å². The monoisotopic (exact) mass is 434 g/mol. The van der Waals surface area contributed by atoms with Crippen molar-refractivity contribution in [2.75, 3.05) is 20.8 Å². The molecule has 0 bridgehead atoms. The quantitative estimate of drug-likeness (QED) is 0.505. The van der Waals surface area contributed by atoms with Crippen molar-refractivity contribution in [3.8, 4) is 15.6 Å². The standard InChI is InChI=1S/C20H19FN2O4S2/c1-23(10-13-5-6-16(26-2)15(21)8-13)18(24)11-27-19(25)9-14-12-29-20(22-14)17-4-3-7-28-17/h3-8,12H,9-11H2,1-2H3. The number of rotatable bonds is 8. The van der Waals surface area contributed by atoms with Gasteiger partial charge in [0, 0.05) is 19.0 Å². The molecule has 2 heterocycles. The maximum Gasteiger partial charge on any atom is 0.312 e. The van der Waals surface area contributed by atoms with Crippen molar-refractivity contribution in [1.82, 2.24) is 9.88 Å². The largest absolute Gasteiger partial charge is 0.494 e. The maximum atomic E-state index is 13.8. The highest BCUT2D eigenvalue weighted by atomic mass is 32.1. The molecule has 0 saturated heterocycles. The van der Waals surface area contributed by atoms with Gasteiger partial charge in [0.15, 0.2) is 18.2 Å². The van der Waals surface area contributed by atoms with Gasteiger partial charge in [0.1, 0.15) is 5.01 Å². The number of benzene rings is 1. The van der Waals surface area contributed by atoms with Crippen LogP contribution in [0.25, 0.3) is 9.88 Å². The molecule has 0 aliphatic rings. The van der Waals surface area contributed by atoms with Crippen molar-refractivity contribution in [3.05, 3.63) is 58.2 Å². The van der Waals surface area contributed by atoms with E-state index in [1.807, 2.05) is 22.9 Å². The Morgan fingerprint density at radius 3 is 2.76 bits per heavy atom. The van der Waals surface area contributed by atoms with Gasteiger partial charge in [0.2, 0.25) is 0 Å². The number of thiazole rings is 1. The highest BCUT2D eigenvalue weighted by Crippen LogP contribution is 2.28. The second kappa shape index (κ2) is 9.62. The fraction of sp³-hybridized carbons (Fsp3) is 0.250. The Bertz CT molecular complexity index is 988. The van der Waals surface area contributed by atoms with Gasteiger partial charge in [-0.05, 0) is 29.1 Å².